The molecule has 2 aromatic rings. The third kappa shape index (κ3) is 6.91. The van der Waals surface area contributed by atoms with Crippen LogP contribution in [-0.2, 0) is 11.3 Å². The molecule has 1 N–H and O–H groups in total. The van der Waals surface area contributed by atoms with Gasteiger partial charge in [-0.15, -0.1) is 0 Å². The number of carbonyl (C=O) groups excluding carboxylic acids is 1. The molecule has 0 aliphatic rings. The van der Waals surface area contributed by atoms with Gasteiger partial charge in [-0.2, -0.15) is 0 Å². The highest BCUT2D eigenvalue weighted by Gasteiger charge is 2.09. The molecule has 0 unspecified atom stereocenters. The lowest BCUT2D eigenvalue weighted by molar-refractivity contribution is -0.116. The van der Waals surface area contributed by atoms with Gasteiger partial charge in [0, 0.05) is 19.2 Å². The SMILES string of the molecule is COc1cc(/C=C/C(=O)NCCCN(C)Cc2ccccc2)cc(Cl)c1OC. The first-order chi connectivity index (χ1) is 13.5. The third-order valence-electron chi connectivity index (χ3n) is 4.19. The maximum Gasteiger partial charge on any atom is 0.243 e. The number of methoxy groups -OCH3 is 2. The summed E-state index contributed by atoms with van der Waals surface area (Å²) >= 11 is 6.17. The largest absolute Gasteiger partial charge is 0.493 e. The van der Waals surface area contributed by atoms with Crippen LogP contribution in [0.1, 0.15) is 17.5 Å². The van der Waals surface area contributed by atoms with Crippen molar-refractivity contribution in [3.8, 4) is 11.5 Å². The van der Waals surface area contributed by atoms with Gasteiger partial charge >= 0.3 is 0 Å². The monoisotopic (exact) mass is 402 g/mol. The Balaban J connectivity index is 1.75. The predicted molar refractivity (Wildman–Crippen MR) is 114 cm³/mol. The van der Waals surface area contributed by atoms with E-state index in [1.54, 1.807) is 25.3 Å². The Hall–Kier alpha value is -2.50. The summed E-state index contributed by atoms with van der Waals surface area (Å²) in [6.45, 7) is 2.42. The summed E-state index contributed by atoms with van der Waals surface area (Å²) < 4.78 is 10.5. The summed E-state index contributed by atoms with van der Waals surface area (Å²) in [4.78, 5) is 14.3. The first kappa shape index (κ1) is 21.8. The van der Waals surface area contributed by atoms with Gasteiger partial charge in [0.05, 0.1) is 19.2 Å². The molecule has 0 saturated carbocycles. The van der Waals surface area contributed by atoms with Crippen LogP contribution in [0.15, 0.2) is 48.5 Å². The Labute approximate surface area is 171 Å². The first-order valence-electron chi connectivity index (χ1n) is 9.13. The molecule has 0 saturated heterocycles. The van der Waals surface area contributed by atoms with Crippen molar-refractivity contribution in [2.45, 2.75) is 13.0 Å². The average Bonchev–Trinajstić information content (AvgIpc) is 2.70. The van der Waals surface area contributed by atoms with Crippen LogP contribution in [0.5, 0.6) is 11.5 Å². The summed E-state index contributed by atoms with van der Waals surface area (Å²) in [6.07, 6.45) is 4.07. The highest BCUT2D eigenvalue weighted by Crippen LogP contribution is 2.36. The zero-order valence-corrected chi connectivity index (χ0v) is 17.3. The quantitative estimate of drug-likeness (QED) is 0.482. The van der Waals surface area contributed by atoms with Crippen molar-refractivity contribution in [2.75, 3.05) is 34.4 Å². The van der Waals surface area contributed by atoms with Crippen LogP contribution < -0.4 is 14.8 Å². The predicted octanol–water partition coefficient (Wildman–Crippen LogP) is 4.01. The van der Waals surface area contributed by atoms with Gasteiger partial charge in [0.15, 0.2) is 11.5 Å². The minimum absolute atomic E-state index is 0.142. The summed E-state index contributed by atoms with van der Waals surface area (Å²) in [5, 5.41) is 3.33. The zero-order chi connectivity index (χ0) is 20.4. The van der Waals surface area contributed by atoms with Gasteiger partial charge in [-0.1, -0.05) is 41.9 Å². The molecule has 5 nitrogen and oxygen atoms in total. The number of nitrogens with one attached hydrogen (secondary N) is 1. The highest BCUT2D eigenvalue weighted by atomic mass is 35.5. The van der Waals surface area contributed by atoms with Crippen molar-refractivity contribution in [1.82, 2.24) is 10.2 Å². The van der Waals surface area contributed by atoms with Crippen LogP contribution in [0.2, 0.25) is 5.02 Å². The number of hydrogen-bond acceptors (Lipinski definition) is 4. The van der Waals surface area contributed by atoms with Gasteiger partial charge in [0.1, 0.15) is 0 Å². The molecule has 0 aromatic heterocycles. The van der Waals surface area contributed by atoms with E-state index >= 15 is 0 Å². The smallest absolute Gasteiger partial charge is 0.243 e. The van der Waals surface area contributed by atoms with Gasteiger partial charge in [-0.05, 0) is 49.3 Å². The minimum Gasteiger partial charge on any atom is -0.493 e. The van der Waals surface area contributed by atoms with E-state index in [0.29, 0.717) is 23.1 Å². The molecule has 0 bridgehead atoms. The summed E-state index contributed by atoms with van der Waals surface area (Å²) in [7, 11) is 5.16. The minimum atomic E-state index is -0.142. The molecule has 0 heterocycles. The second-order valence-corrected chi connectivity index (χ2v) is 6.85. The van der Waals surface area contributed by atoms with E-state index in [1.165, 1.54) is 18.7 Å². The number of halogens is 1. The lowest BCUT2D eigenvalue weighted by atomic mass is 10.2. The summed E-state index contributed by atoms with van der Waals surface area (Å²) in [6, 6.07) is 13.8. The van der Waals surface area contributed by atoms with E-state index in [2.05, 4.69) is 29.4 Å². The molecule has 1 amide bonds. The number of carbonyl (C=O) groups is 1. The van der Waals surface area contributed by atoms with Crippen LogP contribution in [0.4, 0.5) is 0 Å². The Morgan fingerprint density at radius 1 is 1.18 bits per heavy atom. The van der Waals surface area contributed by atoms with Crippen molar-refractivity contribution in [3.05, 3.63) is 64.7 Å². The van der Waals surface area contributed by atoms with Crippen LogP contribution in [0.25, 0.3) is 6.08 Å². The Bertz CT molecular complexity index is 794. The lowest BCUT2D eigenvalue weighted by Gasteiger charge is -2.16. The Kier molecular flexibility index (Phi) is 8.85. The molecule has 6 heteroatoms. The number of nitrogens with zero attached hydrogens (tertiary/aromatic N) is 1. The fourth-order valence-corrected chi connectivity index (χ4v) is 3.10. The van der Waals surface area contributed by atoms with E-state index < -0.39 is 0 Å². The maximum absolute atomic E-state index is 12.0. The second kappa shape index (κ2) is 11.4. The van der Waals surface area contributed by atoms with Crippen LogP contribution in [0, 0.1) is 0 Å². The third-order valence-corrected chi connectivity index (χ3v) is 4.47. The topological polar surface area (TPSA) is 50.8 Å². The molecular weight excluding hydrogens is 376 g/mol. The fraction of sp³-hybridized carbons (Fsp3) is 0.318. The van der Waals surface area contributed by atoms with Crippen molar-refractivity contribution in [1.29, 1.82) is 0 Å². The normalized spacial score (nSPS) is 11.0. The number of rotatable bonds is 10. The van der Waals surface area contributed by atoms with Gasteiger partial charge in [0.25, 0.3) is 0 Å². The molecule has 0 aliphatic heterocycles. The van der Waals surface area contributed by atoms with E-state index in [4.69, 9.17) is 21.1 Å². The van der Waals surface area contributed by atoms with Gasteiger partial charge in [0.2, 0.25) is 5.91 Å². The molecular formula is C22H27ClN2O3. The molecule has 2 rings (SSSR count). The van der Waals surface area contributed by atoms with E-state index in [-0.39, 0.29) is 5.91 Å². The van der Waals surface area contributed by atoms with Crippen molar-refractivity contribution in [3.63, 3.8) is 0 Å². The molecule has 0 radical (unpaired) electrons. The molecule has 150 valence electrons. The molecule has 2 aromatic carbocycles. The lowest BCUT2D eigenvalue weighted by Crippen LogP contribution is -2.26. The number of amides is 1. The standard InChI is InChI=1S/C22H27ClN2O3/c1-25(16-17-8-5-4-6-9-17)13-7-12-24-21(26)11-10-18-14-19(23)22(28-3)20(15-18)27-2/h4-6,8-11,14-15H,7,12-13,16H2,1-3H3,(H,24,26)/b11-10+. The molecule has 28 heavy (non-hydrogen) atoms. The van der Waals surface area contributed by atoms with Crippen molar-refractivity contribution >= 4 is 23.6 Å². The fourth-order valence-electron chi connectivity index (χ4n) is 2.80. The van der Waals surface area contributed by atoms with E-state index in [9.17, 15) is 4.79 Å². The molecule has 0 fully saturated rings. The second-order valence-electron chi connectivity index (χ2n) is 6.44. The molecule has 0 atom stereocenters. The summed E-state index contributed by atoms with van der Waals surface area (Å²) in [5.74, 6) is 0.860. The maximum atomic E-state index is 12.0. The van der Waals surface area contributed by atoms with Crippen LogP contribution in [0.3, 0.4) is 0 Å². The van der Waals surface area contributed by atoms with E-state index in [1.807, 2.05) is 18.2 Å². The Morgan fingerprint density at radius 3 is 2.61 bits per heavy atom. The Morgan fingerprint density at radius 2 is 1.93 bits per heavy atom. The number of ether oxygens (including phenoxy) is 2. The molecule has 0 aliphatic carbocycles. The number of benzene rings is 2. The van der Waals surface area contributed by atoms with Crippen molar-refractivity contribution in [2.24, 2.45) is 0 Å². The van der Waals surface area contributed by atoms with E-state index in [0.717, 1.165) is 25.1 Å². The van der Waals surface area contributed by atoms with Crippen LogP contribution in [-0.4, -0.2) is 45.2 Å². The zero-order valence-electron chi connectivity index (χ0n) is 16.6. The summed E-state index contributed by atoms with van der Waals surface area (Å²) in [5.41, 5.74) is 2.05. The first-order valence-corrected chi connectivity index (χ1v) is 9.51. The van der Waals surface area contributed by atoms with Gasteiger partial charge in [-0.3, -0.25) is 4.79 Å². The highest BCUT2D eigenvalue weighted by molar-refractivity contribution is 6.32. The van der Waals surface area contributed by atoms with Crippen molar-refractivity contribution < 1.29 is 14.3 Å². The average molecular weight is 403 g/mol. The van der Waals surface area contributed by atoms with Gasteiger partial charge < -0.3 is 19.7 Å². The van der Waals surface area contributed by atoms with Gasteiger partial charge in [-0.25, -0.2) is 0 Å². The van der Waals surface area contributed by atoms with Crippen LogP contribution >= 0.6 is 11.6 Å². The molecule has 0 spiro atoms. The number of hydrogen-bond donors (Lipinski definition) is 1.